The number of unbranched alkanes of at least 4 members (excludes halogenated alkanes) is 1. The molecule has 1 rings (SSSR count). The van der Waals surface area contributed by atoms with Crippen LogP contribution in [0.1, 0.15) is 26.2 Å². The van der Waals surface area contributed by atoms with E-state index >= 15 is 0 Å². The minimum absolute atomic E-state index is 0.0412. The third-order valence-corrected chi connectivity index (χ3v) is 3.52. The summed E-state index contributed by atoms with van der Waals surface area (Å²) in [5.41, 5.74) is 0.403. The molecule has 0 aromatic heterocycles. The quantitative estimate of drug-likeness (QED) is 0.792. The molecule has 0 aliphatic carbocycles. The highest BCUT2D eigenvalue weighted by Crippen LogP contribution is 2.23. The molecule has 112 valence electrons. The summed E-state index contributed by atoms with van der Waals surface area (Å²) in [7, 11) is 0. The van der Waals surface area contributed by atoms with Gasteiger partial charge < -0.3 is 15.3 Å². The molecule has 0 aliphatic rings. The number of carbonyl (C=O) groups is 1. The first kappa shape index (κ1) is 16.9. The van der Waals surface area contributed by atoms with Crippen LogP contribution in [-0.4, -0.2) is 35.7 Å². The summed E-state index contributed by atoms with van der Waals surface area (Å²) in [4.78, 5) is 13.8. The largest absolute Gasteiger partial charge is 0.396 e. The average Bonchev–Trinajstić information content (AvgIpc) is 2.43. The Bertz CT molecular complexity index is 435. The number of hydrogen-bond donors (Lipinski definition) is 2. The Balaban J connectivity index is 2.70. The smallest absolute Gasteiger partial charge is 0.321 e. The molecule has 20 heavy (non-hydrogen) atoms. The highest BCUT2D eigenvalue weighted by molar-refractivity contribution is 9.10. The van der Waals surface area contributed by atoms with Crippen LogP contribution in [0.15, 0.2) is 22.7 Å². The van der Waals surface area contributed by atoms with E-state index in [2.05, 4.69) is 21.2 Å². The van der Waals surface area contributed by atoms with Crippen molar-refractivity contribution >= 4 is 27.6 Å². The van der Waals surface area contributed by atoms with Gasteiger partial charge in [-0.3, -0.25) is 0 Å². The summed E-state index contributed by atoms with van der Waals surface area (Å²) in [5.74, 6) is -0.404. The fourth-order valence-corrected chi connectivity index (χ4v) is 2.06. The molecule has 4 nitrogen and oxygen atoms in total. The maximum Gasteiger partial charge on any atom is 0.321 e. The highest BCUT2D eigenvalue weighted by Gasteiger charge is 2.14. The number of aliphatic hydroxyl groups excluding tert-OH is 1. The molecule has 0 spiro atoms. The minimum atomic E-state index is -0.404. The summed E-state index contributed by atoms with van der Waals surface area (Å²) < 4.78 is 13.8. The third-order valence-electron chi connectivity index (χ3n) is 2.82. The van der Waals surface area contributed by atoms with Crippen LogP contribution in [0.5, 0.6) is 0 Å². The number of nitrogens with zero attached hydrogens (tertiary/aromatic N) is 1. The van der Waals surface area contributed by atoms with Gasteiger partial charge in [-0.1, -0.05) is 13.3 Å². The molecule has 0 unspecified atom stereocenters. The van der Waals surface area contributed by atoms with Crippen molar-refractivity contribution in [2.75, 3.05) is 25.0 Å². The van der Waals surface area contributed by atoms with E-state index in [-0.39, 0.29) is 12.6 Å². The first-order chi connectivity index (χ1) is 9.58. The molecule has 0 radical (unpaired) electrons. The maximum absolute atomic E-state index is 13.2. The van der Waals surface area contributed by atoms with E-state index in [4.69, 9.17) is 5.11 Å². The first-order valence-corrected chi connectivity index (χ1v) is 7.49. The van der Waals surface area contributed by atoms with Gasteiger partial charge in [0.25, 0.3) is 0 Å². The molecular weight excluding hydrogens is 327 g/mol. The van der Waals surface area contributed by atoms with Crippen molar-refractivity contribution in [1.82, 2.24) is 4.90 Å². The summed E-state index contributed by atoms with van der Waals surface area (Å²) in [5, 5.41) is 11.6. The number of hydrogen-bond acceptors (Lipinski definition) is 2. The number of rotatable bonds is 7. The third kappa shape index (κ3) is 5.46. The Hall–Kier alpha value is -1.14. The molecule has 0 atom stereocenters. The van der Waals surface area contributed by atoms with Gasteiger partial charge in [-0.05, 0) is 47.0 Å². The van der Waals surface area contributed by atoms with Crippen molar-refractivity contribution in [2.45, 2.75) is 26.2 Å². The fraction of sp³-hybridized carbons (Fsp3) is 0.500. The lowest BCUT2D eigenvalue weighted by molar-refractivity contribution is 0.201. The van der Waals surface area contributed by atoms with Gasteiger partial charge in [-0.2, -0.15) is 0 Å². The molecule has 2 N–H and O–H groups in total. The van der Waals surface area contributed by atoms with Crippen LogP contribution in [0.4, 0.5) is 14.9 Å². The topological polar surface area (TPSA) is 52.6 Å². The summed E-state index contributed by atoms with van der Waals surface area (Å²) >= 11 is 3.27. The van der Waals surface area contributed by atoms with Gasteiger partial charge in [0.15, 0.2) is 0 Å². The van der Waals surface area contributed by atoms with E-state index < -0.39 is 5.82 Å². The molecule has 0 bridgehead atoms. The zero-order valence-electron chi connectivity index (χ0n) is 11.5. The zero-order valence-corrected chi connectivity index (χ0v) is 13.1. The Labute approximate surface area is 127 Å². The molecule has 0 saturated heterocycles. The Kier molecular flexibility index (Phi) is 7.54. The fourth-order valence-electron chi connectivity index (χ4n) is 1.71. The Morgan fingerprint density at radius 3 is 2.75 bits per heavy atom. The van der Waals surface area contributed by atoms with E-state index in [1.807, 2.05) is 6.92 Å². The van der Waals surface area contributed by atoms with Gasteiger partial charge in [-0.25, -0.2) is 9.18 Å². The SMILES string of the molecule is CCCCN(CCCO)C(=O)Nc1cc(F)ccc1Br. The van der Waals surface area contributed by atoms with Crippen molar-refractivity contribution in [1.29, 1.82) is 0 Å². The standard InChI is InChI=1S/C14H20BrFN2O2/c1-2-3-7-18(8-4-9-19)14(20)17-13-10-11(16)5-6-12(13)15/h5-6,10,19H,2-4,7-9H2,1H3,(H,17,20). The molecular formula is C14H20BrFN2O2. The molecule has 0 saturated carbocycles. The van der Waals surface area contributed by atoms with Crippen molar-refractivity contribution in [3.8, 4) is 0 Å². The Morgan fingerprint density at radius 2 is 2.10 bits per heavy atom. The van der Waals surface area contributed by atoms with E-state index in [1.54, 1.807) is 11.0 Å². The van der Waals surface area contributed by atoms with Crippen LogP contribution >= 0.6 is 15.9 Å². The number of benzene rings is 1. The molecule has 0 heterocycles. The van der Waals surface area contributed by atoms with Gasteiger partial charge >= 0.3 is 6.03 Å². The van der Waals surface area contributed by atoms with E-state index in [9.17, 15) is 9.18 Å². The van der Waals surface area contributed by atoms with Crippen LogP contribution in [0.3, 0.4) is 0 Å². The number of aliphatic hydroxyl groups is 1. The number of amides is 2. The first-order valence-electron chi connectivity index (χ1n) is 6.70. The second-order valence-corrected chi connectivity index (χ2v) is 5.33. The Morgan fingerprint density at radius 1 is 1.40 bits per heavy atom. The van der Waals surface area contributed by atoms with Crippen LogP contribution in [-0.2, 0) is 0 Å². The summed E-state index contributed by atoms with van der Waals surface area (Å²) in [6.07, 6.45) is 2.40. The lowest BCUT2D eigenvalue weighted by Crippen LogP contribution is -2.37. The van der Waals surface area contributed by atoms with Crippen molar-refractivity contribution in [3.63, 3.8) is 0 Å². The molecule has 6 heteroatoms. The van der Waals surface area contributed by atoms with Gasteiger partial charge in [0, 0.05) is 24.2 Å². The maximum atomic E-state index is 13.2. The van der Waals surface area contributed by atoms with Crippen molar-refractivity contribution in [2.24, 2.45) is 0 Å². The van der Waals surface area contributed by atoms with Crippen molar-refractivity contribution in [3.05, 3.63) is 28.5 Å². The average molecular weight is 347 g/mol. The number of urea groups is 1. The monoisotopic (exact) mass is 346 g/mol. The molecule has 1 aromatic rings. The van der Waals surface area contributed by atoms with Crippen LogP contribution in [0.25, 0.3) is 0 Å². The van der Waals surface area contributed by atoms with E-state index in [0.717, 1.165) is 12.8 Å². The lowest BCUT2D eigenvalue weighted by atomic mass is 10.3. The van der Waals surface area contributed by atoms with Crippen molar-refractivity contribution < 1.29 is 14.3 Å². The van der Waals surface area contributed by atoms with E-state index in [1.165, 1.54) is 12.1 Å². The number of nitrogens with one attached hydrogen (secondary N) is 1. The van der Waals surface area contributed by atoms with Crippen LogP contribution in [0, 0.1) is 5.82 Å². The zero-order chi connectivity index (χ0) is 15.0. The lowest BCUT2D eigenvalue weighted by Gasteiger charge is -2.23. The second kappa shape index (κ2) is 8.92. The molecule has 0 aliphatic heterocycles. The van der Waals surface area contributed by atoms with Gasteiger partial charge in [0.1, 0.15) is 5.82 Å². The van der Waals surface area contributed by atoms with Crippen LogP contribution in [0.2, 0.25) is 0 Å². The normalized spacial score (nSPS) is 10.4. The summed E-state index contributed by atoms with van der Waals surface area (Å²) in [6, 6.07) is 3.86. The van der Waals surface area contributed by atoms with E-state index in [0.29, 0.717) is 29.7 Å². The predicted molar refractivity (Wildman–Crippen MR) is 81.3 cm³/mol. The molecule has 0 fully saturated rings. The summed E-state index contributed by atoms with van der Waals surface area (Å²) in [6.45, 7) is 3.19. The highest BCUT2D eigenvalue weighted by atomic mass is 79.9. The molecule has 1 aromatic carbocycles. The van der Waals surface area contributed by atoms with Crippen LogP contribution < -0.4 is 5.32 Å². The number of anilines is 1. The second-order valence-electron chi connectivity index (χ2n) is 4.47. The van der Waals surface area contributed by atoms with Gasteiger partial charge in [0.05, 0.1) is 5.69 Å². The minimum Gasteiger partial charge on any atom is -0.396 e. The van der Waals surface area contributed by atoms with Gasteiger partial charge in [-0.15, -0.1) is 0 Å². The predicted octanol–water partition coefficient (Wildman–Crippen LogP) is 3.60. The molecule has 2 amide bonds. The van der Waals surface area contributed by atoms with Gasteiger partial charge in [0.2, 0.25) is 0 Å². The number of halogens is 2. The number of carbonyl (C=O) groups excluding carboxylic acids is 1.